The van der Waals surface area contributed by atoms with E-state index < -0.39 is 10.8 Å². The molecule has 1 aromatic carbocycles. The molecule has 4 nitrogen and oxygen atoms in total. The third-order valence-electron chi connectivity index (χ3n) is 2.74. The summed E-state index contributed by atoms with van der Waals surface area (Å²) in [5.74, 6) is 0.920. The standard InChI is InChI=1S/C14H22N2O2S/c1-10(2)6-7-19(18)9-14(17)16-13-5-4-12(15)8-11(13)3/h4-5,8,10H,6-7,9,15H2,1-3H3,(H,16,17). The lowest BCUT2D eigenvalue weighted by atomic mass is 10.2. The van der Waals surface area contributed by atoms with Gasteiger partial charge >= 0.3 is 0 Å². The average molecular weight is 282 g/mol. The van der Waals surface area contributed by atoms with Crippen molar-refractivity contribution in [2.24, 2.45) is 5.92 Å². The van der Waals surface area contributed by atoms with E-state index in [0.29, 0.717) is 17.4 Å². The van der Waals surface area contributed by atoms with Crippen LogP contribution in [-0.2, 0) is 15.6 Å². The highest BCUT2D eigenvalue weighted by molar-refractivity contribution is 7.85. The van der Waals surface area contributed by atoms with Crippen molar-refractivity contribution in [3.63, 3.8) is 0 Å². The topological polar surface area (TPSA) is 72.2 Å². The van der Waals surface area contributed by atoms with E-state index in [1.165, 1.54) is 0 Å². The van der Waals surface area contributed by atoms with Gasteiger partial charge in [0.05, 0.1) is 0 Å². The van der Waals surface area contributed by atoms with Gasteiger partial charge in [-0.3, -0.25) is 9.00 Å². The molecule has 1 atom stereocenters. The number of benzene rings is 1. The van der Waals surface area contributed by atoms with Crippen LogP contribution in [0, 0.1) is 12.8 Å². The lowest BCUT2D eigenvalue weighted by Crippen LogP contribution is -2.21. The summed E-state index contributed by atoms with van der Waals surface area (Å²) in [6.07, 6.45) is 0.876. The Hall–Kier alpha value is -1.36. The van der Waals surface area contributed by atoms with Crippen LogP contribution in [0.1, 0.15) is 25.8 Å². The molecule has 1 amide bonds. The van der Waals surface area contributed by atoms with Gasteiger partial charge in [0.25, 0.3) is 0 Å². The zero-order valence-electron chi connectivity index (χ0n) is 11.7. The number of hydrogen-bond donors (Lipinski definition) is 2. The number of nitrogens with one attached hydrogen (secondary N) is 1. The average Bonchev–Trinajstić information content (AvgIpc) is 2.30. The van der Waals surface area contributed by atoms with Crippen molar-refractivity contribution >= 4 is 28.1 Å². The summed E-state index contributed by atoms with van der Waals surface area (Å²) in [5, 5.41) is 2.77. The van der Waals surface area contributed by atoms with Crippen LogP contribution >= 0.6 is 0 Å². The lowest BCUT2D eigenvalue weighted by Gasteiger charge is -2.09. The van der Waals surface area contributed by atoms with Crippen molar-refractivity contribution in [1.82, 2.24) is 0 Å². The van der Waals surface area contributed by atoms with Crippen molar-refractivity contribution in [3.8, 4) is 0 Å². The maximum Gasteiger partial charge on any atom is 0.236 e. The van der Waals surface area contributed by atoms with Gasteiger partial charge in [0, 0.05) is 27.9 Å². The van der Waals surface area contributed by atoms with Crippen LogP contribution in [0.2, 0.25) is 0 Å². The molecule has 0 radical (unpaired) electrons. The molecule has 5 heteroatoms. The van der Waals surface area contributed by atoms with Crippen molar-refractivity contribution in [2.75, 3.05) is 22.6 Å². The van der Waals surface area contributed by atoms with Crippen LogP contribution < -0.4 is 11.1 Å². The van der Waals surface area contributed by atoms with Crippen LogP contribution in [0.5, 0.6) is 0 Å². The molecule has 0 aliphatic heterocycles. The van der Waals surface area contributed by atoms with E-state index in [0.717, 1.165) is 17.7 Å². The number of anilines is 2. The van der Waals surface area contributed by atoms with E-state index in [9.17, 15) is 9.00 Å². The number of carbonyl (C=O) groups excluding carboxylic acids is 1. The molecule has 0 saturated carbocycles. The minimum atomic E-state index is -1.09. The molecule has 3 N–H and O–H groups in total. The number of nitrogen functional groups attached to an aromatic ring is 1. The summed E-state index contributed by atoms with van der Waals surface area (Å²) in [5.41, 5.74) is 7.93. The fraction of sp³-hybridized carbons (Fsp3) is 0.500. The summed E-state index contributed by atoms with van der Waals surface area (Å²) >= 11 is 0. The van der Waals surface area contributed by atoms with Crippen molar-refractivity contribution in [1.29, 1.82) is 0 Å². The predicted octanol–water partition coefficient (Wildman–Crippen LogP) is 2.31. The largest absolute Gasteiger partial charge is 0.399 e. The van der Waals surface area contributed by atoms with Gasteiger partial charge in [-0.2, -0.15) is 0 Å². The van der Waals surface area contributed by atoms with Gasteiger partial charge in [0.2, 0.25) is 5.91 Å². The Bertz CT molecular complexity index is 473. The van der Waals surface area contributed by atoms with Gasteiger partial charge in [0.15, 0.2) is 0 Å². The Kier molecular flexibility index (Phi) is 6.02. The number of amides is 1. The smallest absolute Gasteiger partial charge is 0.236 e. The second-order valence-electron chi connectivity index (χ2n) is 5.09. The van der Waals surface area contributed by atoms with E-state index >= 15 is 0 Å². The number of aryl methyl sites for hydroxylation is 1. The van der Waals surface area contributed by atoms with Gasteiger partial charge in [-0.15, -0.1) is 0 Å². The molecule has 0 bridgehead atoms. The Morgan fingerprint density at radius 1 is 1.42 bits per heavy atom. The first-order chi connectivity index (χ1) is 8.88. The van der Waals surface area contributed by atoms with Crippen LogP contribution in [-0.4, -0.2) is 21.6 Å². The zero-order chi connectivity index (χ0) is 14.4. The maximum absolute atomic E-state index is 11.8. The molecule has 0 aliphatic carbocycles. The summed E-state index contributed by atoms with van der Waals surface area (Å²) in [7, 11) is -1.09. The van der Waals surface area contributed by atoms with Crippen molar-refractivity contribution < 1.29 is 9.00 Å². The number of nitrogens with two attached hydrogens (primary N) is 1. The van der Waals surface area contributed by atoms with E-state index in [4.69, 9.17) is 5.73 Å². The second kappa shape index (κ2) is 7.28. The highest BCUT2D eigenvalue weighted by Crippen LogP contribution is 2.17. The minimum Gasteiger partial charge on any atom is -0.399 e. The Balaban J connectivity index is 2.49. The molecule has 106 valence electrons. The third-order valence-corrected chi connectivity index (χ3v) is 4.01. The van der Waals surface area contributed by atoms with Gasteiger partial charge in [-0.1, -0.05) is 13.8 Å². The molecule has 19 heavy (non-hydrogen) atoms. The quantitative estimate of drug-likeness (QED) is 0.786. The zero-order valence-corrected chi connectivity index (χ0v) is 12.5. The van der Waals surface area contributed by atoms with Gasteiger partial charge in [-0.05, 0) is 43.0 Å². The van der Waals surface area contributed by atoms with Crippen LogP contribution in [0.15, 0.2) is 18.2 Å². The molecule has 1 aromatic rings. The monoisotopic (exact) mass is 282 g/mol. The predicted molar refractivity (Wildman–Crippen MR) is 81.6 cm³/mol. The minimum absolute atomic E-state index is 0.0521. The molecular weight excluding hydrogens is 260 g/mol. The van der Waals surface area contributed by atoms with Crippen molar-refractivity contribution in [2.45, 2.75) is 27.2 Å². The van der Waals surface area contributed by atoms with Gasteiger partial charge in [0.1, 0.15) is 5.75 Å². The highest BCUT2D eigenvalue weighted by Gasteiger charge is 2.10. The summed E-state index contributed by atoms with van der Waals surface area (Å²) in [4.78, 5) is 11.8. The Morgan fingerprint density at radius 3 is 2.68 bits per heavy atom. The van der Waals surface area contributed by atoms with Crippen LogP contribution in [0.3, 0.4) is 0 Å². The van der Waals surface area contributed by atoms with E-state index in [1.807, 2.05) is 6.92 Å². The normalized spacial score (nSPS) is 12.4. The lowest BCUT2D eigenvalue weighted by molar-refractivity contribution is -0.113. The van der Waals surface area contributed by atoms with Crippen molar-refractivity contribution in [3.05, 3.63) is 23.8 Å². The molecule has 0 saturated heterocycles. The third kappa shape index (κ3) is 5.87. The molecule has 0 aliphatic rings. The van der Waals surface area contributed by atoms with E-state index in [2.05, 4.69) is 19.2 Å². The number of carbonyl (C=O) groups is 1. The van der Waals surface area contributed by atoms with Crippen LogP contribution in [0.4, 0.5) is 11.4 Å². The molecule has 0 spiro atoms. The summed E-state index contributed by atoms with van der Waals surface area (Å²) in [6.45, 7) is 6.03. The Labute approximate surface area is 117 Å². The second-order valence-corrected chi connectivity index (χ2v) is 6.67. The number of hydrogen-bond acceptors (Lipinski definition) is 3. The molecule has 0 fully saturated rings. The highest BCUT2D eigenvalue weighted by atomic mass is 32.2. The van der Waals surface area contributed by atoms with E-state index in [-0.39, 0.29) is 11.7 Å². The molecule has 1 rings (SSSR count). The van der Waals surface area contributed by atoms with Gasteiger partial charge in [-0.25, -0.2) is 0 Å². The first kappa shape index (κ1) is 15.7. The Morgan fingerprint density at radius 2 is 2.11 bits per heavy atom. The van der Waals surface area contributed by atoms with Gasteiger partial charge < -0.3 is 11.1 Å². The number of rotatable bonds is 6. The molecule has 0 aromatic heterocycles. The fourth-order valence-electron chi connectivity index (χ4n) is 1.60. The SMILES string of the molecule is Cc1cc(N)ccc1NC(=O)CS(=O)CCC(C)C. The molecule has 0 heterocycles. The molecular formula is C14H22N2O2S. The fourth-order valence-corrected chi connectivity index (χ4v) is 2.84. The van der Waals surface area contributed by atoms with E-state index in [1.54, 1.807) is 18.2 Å². The molecule has 1 unspecified atom stereocenters. The maximum atomic E-state index is 11.8. The summed E-state index contributed by atoms with van der Waals surface area (Å²) in [6, 6.07) is 5.29. The first-order valence-corrected chi connectivity index (χ1v) is 7.88. The summed E-state index contributed by atoms with van der Waals surface area (Å²) < 4.78 is 11.7. The first-order valence-electron chi connectivity index (χ1n) is 6.39. The van der Waals surface area contributed by atoms with Crippen LogP contribution in [0.25, 0.3) is 0 Å².